The Kier molecular flexibility index (Phi) is 4.35. The predicted octanol–water partition coefficient (Wildman–Crippen LogP) is 3.09. The Morgan fingerprint density at radius 3 is 2.50 bits per heavy atom. The van der Waals surface area contributed by atoms with Crippen LogP contribution in [0.3, 0.4) is 0 Å². The van der Waals surface area contributed by atoms with Gasteiger partial charge in [-0.2, -0.15) is 5.26 Å². The standard InChI is InChI=1S/C19H15N5O3S/c20-11-13-1-7-16(8-2-13)28(25,26)23-14-3-5-15(6-4-14)24-12-22-19-17(18(24)21)9-10-27-19/h1-10,12,18,23H,21H2. The zero-order chi connectivity index (χ0) is 19.7. The molecule has 28 heavy (non-hydrogen) atoms. The number of nitrogens with two attached hydrogens (primary N) is 1. The zero-order valence-corrected chi connectivity index (χ0v) is 15.3. The molecule has 1 unspecified atom stereocenters. The van der Waals surface area contributed by atoms with Gasteiger partial charge in [-0.15, -0.1) is 0 Å². The number of nitriles is 1. The van der Waals surface area contributed by atoms with E-state index in [1.54, 1.807) is 41.6 Å². The number of fused-ring (bicyclic) bond motifs is 1. The fraction of sp³-hybridized carbons (Fsp3) is 0.0526. The molecule has 0 saturated heterocycles. The summed E-state index contributed by atoms with van der Waals surface area (Å²) in [6, 6.07) is 16.2. The largest absolute Gasteiger partial charge is 0.446 e. The lowest BCUT2D eigenvalue weighted by atomic mass is 10.2. The summed E-state index contributed by atoms with van der Waals surface area (Å²) in [5, 5.41) is 8.82. The van der Waals surface area contributed by atoms with E-state index in [1.165, 1.54) is 30.5 Å². The average Bonchev–Trinajstić information content (AvgIpc) is 3.19. The number of hydrogen-bond acceptors (Lipinski definition) is 7. The van der Waals surface area contributed by atoms with Crippen molar-refractivity contribution in [1.29, 1.82) is 5.26 Å². The van der Waals surface area contributed by atoms with Gasteiger partial charge in [0, 0.05) is 11.4 Å². The maximum atomic E-state index is 12.5. The molecule has 8 nitrogen and oxygen atoms in total. The van der Waals surface area contributed by atoms with E-state index in [-0.39, 0.29) is 4.90 Å². The van der Waals surface area contributed by atoms with Crippen molar-refractivity contribution in [3.8, 4) is 6.07 Å². The Balaban J connectivity index is 1.53. The number of rotatable bonds is 4. The highest BCUT2D eigenvalue weighted by atomic mass is 32.2. The van der Waals surface area contributed by atoms with Crippen LogP contribution in [0.2, 0.25) is 0 Å². The molecule has 0 spiro atoms. The summed E-state index contributed by atoms with van der Waals surface area (Å²) >= 11 is 0. The van der Waals surface area contributed by atoms with Crippen LogP contribution in [0.1, 0.15) is 17.3 Å². The van der Waals surface area contributed by atoms with Crippen molar-refractivity contribution in [1.82, 2.24) is 0 Å². The van der Waals surface area contributed by atoms with Crippen molar-refractivity contribution < 1.29 is 12.8 Å². The smallest absolute Gasteiger partial charge is 0.261 e. The van der Waals surface area contributed by atoms with Crippen molar-refractivity contribution in [2.45, 2.75) is 11.1 Å². The molecule has 4 rings (SSSR count). The third kappa shape index (κ3) is 3.22. The van der Waals surface area contributed by atoms with E-state index in [4.69, 9.17) is 15.4 Å². The van der Waals surface area contributed by atoms with Crippen molar-refractivity contribution in [2.75, 3.05) is 9.62 Å². The van der Waals surface area contributed by atoms with Crippen LogP contribution in [0.15, 0.2) is 75.2 Å². The average molecular weight is 393 g/mol. The Hall–Kier alpha value is -3.61. The van der Waals surface area contributed by atoms with Crippen molar-refractivity contribution in [3.05, 3.63) is 72.0 Å². The Morgan fingerprint density at radius 2 is 1.82 bits per heavy atom. The SMILES string of the molecule is N#Cc1ccc(S(=O)(=O)Nc2ccc(N3C=Nc4occc4C3N)cc2)cc1. The lowest BCUT2D eigenvalue weighted by molar-refractivity contribution is 0.567. The topological polar surface area (TPSA) is 125 Å². The molecule has 0 aliphatic carbocycles. The molecule has 3 N–H and O–H groups in total. The van der Waals surface area contributed by atoms with Gasteiger partial charge in [0.1, 0.15) is 12.5 Å². The lowest BCUT2D eigenvalue weighted by Gasteiger charge is -2.29. The molecular formula is C19H15N5O3S. The van der Waals surface area contributed by atoms with Crippen LogP contribution in [0.5, 0.6) is 0 Å². The number of anilines is 2. The van der Waals surface area contributed by atoms with Gasteiger partial charge in [-0.1, -0.05) is 0 Å². The van der Waals surface area contributed by atoms with E-state index in [0.29, 0.717) is 17.1 Å². The first kappa shape index (κ1) is 17.8. The minimum absolute atomic E-state index is 0.0771. The highest BCUT2D eigenvalue weighted by molar-refractivity contribution is 7.92. The maximum absolute atomic E-state index is 12.5. The number of nitrogens with zero attached hydrogens (tertiary/aromatic N) is 3. The van der Waals surface area contributed by atoms with Gasteiger partial charge in [-0.05, 0) is 54.6 Å². The van der Waals surface area contributed by atoms with Gasteiger partial charge in [-0.25, -0.2) is 13.4 Å². The molecule has 3 aromatic rings. The van der Waals surface area contributed by atoms with E-state index in [9.17, 15) is 8.42 Å². The summed E-state index contributed by atoms with van der Waals surface area (Å²) < 4.78 is 32.7. The number of furan rings is 1. The van der Waals surface area contributed by atoms with Crippen LogP contribution in [0, 0.1) is 11.3 Å². The molecule has 0 amide bonds. The number of aliphatic imine (C=N–C) groups is 1. The molecule has 0 saturated carbocycles. The summed E-state index contributed by atoms with van der Waals surface area (Å²) in [4.78, 5) is 6.05. The number of nitrogens with one attached hydrogen (secondary N) is 1. The molecule has 0 radical (unpaired) electrons. The Bertz CT molecular complexity index is 1180. The van der Waals surface area contributed by atoms with Gasteiger partial charge in [0.2, 0.25) is 5.88 Å². The summed E-state index contributed by atoms with van der Waals surface area (Å²) in [6.07, 6.45) is 2.66. The fourth-order valence-electron chi connectivity index (χ4n) is 2.83. The van der Waals surface area contributed by atoms with E-state index >= 15 is 0 Å². The molecule has 0 fully saturated rings. The van der Waals surface area contributed by atoms with Crippen molar-refractivity contribution in [3.63, 3.8) is 0 Å². The van der Waals surface area contributed by atoms with Gasteiger partial charge in [-0.3, -0.25) is 4.72 Å². The van der Waals surface area contributed by atoms with Gasteiger partial charge in [0.05, 0.1) is 28.4 Å². The highest BCUT2D eigenvalue weighted by Gasteiger charge is 2.24. The fourth-order valence-corrected chi connectivity index (χ4v) is 3.89. The minimum atomic E-state index is -3.76. The molecule has 9 heteroatoms. The van der Waals surface area contributed by atoms with Crippen molar-refractivity contribution >= 4 is 33.6 Å². The van der Waals surface area contributed by atoms with Gasteiger partial charge in [0.25, 0.3) is 10.0 Å². The van der Waals surface area contributed by atoms with Crippen LogP contribution in [-0.2, 0) is 10.0 Å². The second-order valence-corrected chi connectivity index (χ2v) is 7.75. The predicted molar refractivity (Wildman–Crippen MR) is 105 cm³/mol. The van der Waals surface area contributed by atoms with E-state index in [2.05, 4.69) is 9.71 Å². The summed E-state index contributed by atoms with van der Waals surface area (Å²) in [5.74, 6) is 0.482. The highest BCUT2D eigenvalue weighted by Crippen LogP contribution is 2.34. The molecule has 1 atom stereocenters. The minimum Gasteiger partial charge on any atom is -0.446 e. The van der Waals surface area contributed by atoms with E-state index in [1.807, 2.05) is 6.07 Å². The number of sulfonamides is 1. The second-order valence-electron chi connectivity index (χ2n) is 6.07. The van der Waals surface area contributed by atoms with E-state index in [0.717, 1.165) is 11.3 Å². The summed E-state index contributed by atoms with van der Waals surface area (Å²) in [5.41, 5.74) is 8.57. The lowest BCUT2D eigenvalue weighted by Crippen LogP contribution is -2.35. The monoisotopic (exact) mass is 393 g/mol. The second kappa shape index (κ2) is 6.84. The van der Waals surface area contributed by atoms with E-state index < -0.39 is 16.2 Å². The molecule has 0 bridgehead atoms. The van der Waals surface area contributed by atoms with Gasteiger partial charge >= 0.3 is 0 Å². The normalized spacial score (nSPS) is 15.7. The van der Waals surface area contributed by atoms with Crippen LogP contribution < -0.4 is 15.4 Å². The number of hydrogen-bond donors (Lipinski definition) is 2. The van der Waals surface area contributed by atoms with Crippen LogP contribution in [-0.4, -0.2) is 14.8 Å². The first-order valence-electron chi connectivity index (χ1n) is 8.26. The van der Waals surface area contributed by atoms with Crippen molar-refractivity contribution in [2.24, 2.45) is 10.7 Å². The molecule has 1 aliphatic heterocycles. The first-order valence-corrected chi connectivity index (χ1v) is 9.75. The first-order chi connectivity index (χ1) is 13.5. The van der Waals surface area contributed by atoms with Gasteiger partial charge < -0.3 is 15.1 Å². The molecule has 2 aromatic carbocycles. The van der Waals surface area contributed by atoms with Crippen LogP contribution >= 0.6 is 0 Å². The molecular weight excluding hydrogens is 378 g/mol. The zero-order valence-electron chi connectivity index (χ0n) is 14.5. The quantitative estimate of drug-likeness (QED) is 0.702. The third-order valence-electron chi connectivity index (χ3n) is 4.30. The molecule has 2 heterocycles. The number of benzene rings is 2. The molecule has 1 aromatic heterocycles. The van der Waals surface area contributed by atoms with Crippen LogP contribution in [0.4, 0.5) is 17.3 Å². The molecule has 1 aliphatic rings. The Labute approximate surface area is 161 Å². The summed E-state index contributed by atoms with van der Waals surface area (Å²) in [6.45, 7) is 0. The maximum Gasteiger partial charge on any atom is 0.261 e. The Morgan fingerprint density at radius 1 is 1.11 bits per heavy atom. The molecule has 140 valence electrons. The summed E-state index contributed by atoms with van der Waals surface area (Å²) in [7, 11) is -3.76. The third-order valence-corrected chi connectivity index (χ3v) is 5.70. The van der Waals surface area contributed by atoms with Crippen LogP contribution in [0.25, 0.3) is 0 Å². The van der Waals surface area contributed by atoms with Gasteiger partial charge in [0.15, 0.2) is 0 Å².